The van der Waals surface area contributed by atoms with Gasteiger partial charge in [0.1, 0.15) is 0 Å². The predicted molar refractivity (Wildman–Crippen MR) is 66.1 cm³/mol. The summed E-state index contributed by atoms with van der Waals surface area (Å²) in [4.78, 5) is 62.2. The lowest BCUT2D eigenvalue weighted by Crippen LogP contribution is -2.21. The highest BCUT2D eigenvalue weighted by Crippen LogP contribution is 2.61. The van der Waals surface area contributed by atoms with Crippen LogP contribution in [0.3, 0.4) is 0 Å². The van der Waals surface area contributed by atoms with Crippen LogP contribution in [0.1, 0.15) is 16.8 Å². The first-order chi connectivity index (χ1) is 9.03. The maximum absolute atomic E-state index is 11.6. The van der Waals surface area contributed by atoms with Crippen molar-refractivity contribution < 1.29 is 38.3 Å². The number of ketones is 2. The first kappa shape index (κ1) is 16.8. The van der Waals surface area contributed by atoms with Crippen molar-refractivity contribution in [1.82, 2.24) is 4.98 Å². The third kappa shape index (κ3) is 4.42. The summed E-state index contributed by atoms with van der Waals surface area (Å²) in [6, 6.07) is 2.61. The van der Waals surface area contributed by atoms with E-state index in [1.165, 1.54) is 18.3 Å². The van der Waals surface area contributed by atoms with Gasteiger partial charge in [0.05, 0.1) is 0 Å². The normalized spacial score (nSPS) is 12.4. The number of Topliss-reactive ketones (excluding diaryl/α,β-unsaturated/α-hetero) is 2. The Labute approximate surface area is 113 Å². The minimum atomic E-state index is -5.23. The molecule has 0 fully saturated rings. The Kier molecular flexibility index (Phi) is 5.10. The molecule has 0 aliphatic carbocycles. The van der Waals surface area contributed by atoms with E-state index in [2.05, 4.69) is 4.98 Å². The van der Waals surface area contributed by atoms with Crippen LogP contribution in [0, 0.1) is 0 Å². The summed E-state index contributed by atoms with van der Waals surface area (Å²) in [7, 11) is -10.5. The highest BCUT2D eigenvalue weighted by atomic mass is 31.2. The standard InChI is InChI=1S/C9H11NO8P2/c11-7(9(12)6-2-1-3-10-5-6)4-8(19(13,14)15)20(16,17)18/h1-3,5,8H,4H2,(H2,13,14,15)(H2,16,17,18). The van der Waals surface area contributed by atoms with E-state index in [0.29, 0.717) is 0 Å². The zero-order chi connectivity index (χ0) is 15.6. The summed E-state index contributed by atoms with van der Waals surface area (Å²) in [6.07, 6.45) is 1.15. The van der Waals surface area contributed by atoms with E-state index in [0.717, 1.165) is 6.20 Å². The van der Waals surface area contributed by atoms with Crippen LogP contribution in [0.5, 0.6) is 0 Å². The number of carbonyl (C=O) groups is 2. The lowest BCUT2D eigenvalue weighted by molar-refractivity contribution is -0.115. The lowest BCUT2D eigenvalue weighted by Gasteiger charge is -2.18. The molecular formula is C9H11NO8P2. The zero-order valence-corrected chi connectivity index (χ0v) is 11.6. The number of nitrogens with zero attached hydrogens (tertiary/aromatic N) is 1. The molecule has 0 atom stereocenters. The number of aromatic nitrogens is 1. The van der Waals surface area contributed by atoms with Gasteiger partial charge in [0.15, 0.2) is 5.40 Å². The number of carbonyl (C=O) groups excluding carboxylic acids is 2. The second kappa shape index (κ2) is 6.05. The van der Waals surface area contributed by atoms with Crippen molar-refractivity contribution in [2.24, 2.45) is 0 Å². The summed E-state index contributed by atoms with van der Waals surface area (Å²) in [5.74, 6) is -2.43. The molecule has 110 valence electrons. The number of pyridine rings is 1. The van der Waals surface area contributed by atoms with Crippen LogP contribution in [0.4, 0.5) is 0 Å². The van der Waals surface area contributed by atoms with Gasteiger partial charge in [-0.15, -0.1) is 0 Å². The summed E-state index contributed by atoms with van der Waals surface area (Å²) >= 11 is 0. The fourth-order valence-corrected chi connectivity index (χ4v) is 3.73. The van der Waals surface area contributed by atoms with Gasteiger partial charge in [-0.2, -0.15) is 0 Å². The van der Waals surface area contributed by atoms with Gasteiger partial charge < -0.3 is 19.6 Å². The molecule has 0 aromatic carbocycles. The maximum Gasteiger partial charge on any atom is 0.341 e. The van der Waals surface area contributed by atoms with Gasteiger partial charge in [0.2, 0.25) is 11.6 Å². The van der Waals surface area contributed by atoms with Gasteiger partial charge in [0, 0.05) is 24.4 Å². The van der Waals surface area contributed by atoms with Crippen LogP contribution in [0.15, 0.2) is 24.5 Å². The molecule has 0 saturated carbocycles. The molecule has 0 unspecified atom stereocenters. The van der Waals surface area contributed by atoms with Gasteiger partial charge in [0.25, 0.3) is 0 Å². The third-order valence-electron chi connectivity index (χ3n) is 2.32. The number of rotatable bonds is 6. The smallest absolute Gasteiger partial charge is 0.324 e. The summed E-state index contributed by atoms with van der Waals surface area (Å²) in [5.41, 5.74) is -0.132. The Bertz CT molecular complexity index is 582. The van der Waals surface area contributed by atoms with Crippen LogP contribution in [0.2, 0.25) is 0 Å². The fraction of sp³-hybridized carbons (Fsp3) is 0.222. The van der Waals surface area contributed by atoms with Crippen LogP contribution in [0.25, 0.3) is 0 Å². The van der Waals surface area contributed by atoms with Crippen molar-refractivity contribution in [3.05, 3.63) is 30.1 Å². The molecule has 11 heteroatoms. The molecule has 1 aromatic rings. The first-order valence-electron chi connectivity index (χ1n) is 5.11. The maximum atomic E-state index is 11.6. The molecule has 0 radical (unpaired) electrons. The van der Waals surface area contributed by atoms with E-state index in [4.69, 9.17) is 19.6 Å². The molecule has 20 heavy (non-hydrogen) atoms. The molecular weight excluding hydrogens is 312 g/mol. The van der Waals surface area contributed by atoms with E-state index in [9.17, 15) is 18.7 Å². The van der Waals surface area contributed by atoms with E-state index in [1.54, 1.807) is 0 Å². The molecule has 9 nitrogen and oxygen atoms in total. The molecule has 0 bridgehead atoms. The van der Waals surface area contributed by atoms with E-state index in [-0.39, 0.29) is 5.56 Å². The first-order valence-corrected chi connectivity index (χ1v) is 8.48. The lowest BCUT2D eigenvalue weighted by atomic mass is 10.1. The van der Waals surface area contributed by atoms with Gasteiger partial charge in [-0.05, 0) is 12.1 Å². The van der Waals surface area contributed by atoms with Gasteiger partial charge in [-0.1, -0.05) is 0 Å². The quantitative estimate of drug-likeness (QED) is 0.318. The average molecular weight is 323 g/mol. The molecule has 0 spiro atoms. The molecule has 1 aromatic heterocycles. The van der Waals surface area contributed by atoms with Crippen LogP contribution >= 0.6 is 15.2 Å². The summed E-state index contributed by atoms with van der Waals surface area (Å²) in [5, 5.41) is -2.52. The fourth-order valence-electron chi connectivity index (χ4n) is 1.35. The number of hydrogen-bond acceptors (Lipinski definition) is 5. The molecule has 1 rings (SSSR count). The minimum Gasteiger partial charge on any atom is -0.324 e. The van der Waals surface area contributed by atoms with Crippen molar-refractivity contribution in [2.45, 2.75) is 11.8 Å². The Balaban J connectivity index is 2.97. The summed E-state index contributed by atoms with van der Waals surface area (Å²) in [6.45, 7) is 0. The number of hydrogen-bond donors (Lipinski definition) is 4. The second-order valence-electron chi connectivity index (χ2n) is 3.86. The average Bonchev–Trinajstić information content (AvgIpc) is 2.33. The van der Waals surface area contributed by atoms with E-state index >= 15 is 0 Å². The molecule has 0 amide bonds. The van der Waals surface area contributed by atoms with E-state index in [1.807, 2.05) is 0 Å². The van der Waals surface area contributed by atoms with Gasteiger partial charge in [-0.3, -0.25) is 23.7 Å². The van der Waals surface area contributed by atoms with Crippen molar-refractivity contribution in [3.63, 3.8) is 0 Å². The highest BCUT2D eigenvalue weighted by molar-refractivity contribution is 7.70. The molecule has 1 heterocycles. The molecule has 4 N–H and O–H groups in total. The zero-order valence-electron chi connectivity index (χ0n) is 9.86. The van der Waals surface area contributed by atoms with Crippen molar-refractivity contribution in [2.75, 3.05) is 0 Å². The predicted octanol–water partition coefficient (Wildman–Crippen LogP) is -0.0950. The van der Waals surface area contributed by atoms with Gasteiger partial charge >= 0.3 is 15.2 Å². The Morgan fingerprint density at radius 2 is 1.70 bits per heavy atom. The highest BCUT2D eigenvalue weighted by Gasteiger charge is 2.45. The van der Waals surface area contributed by atoms with Gasteiger partial charge in [-0.25, -0.2) is 0 Å². The molecule has 0 aliphatic rings. The second-order valence-corrected chi connectivity index (χ2v) is 7.87. The Hall–Kier alpha value is -1.21. The SMILES string of the molecule is O=C(CC(P(=O)(O)O)P(=O)(O)O)C(=O)c1cccnc1. The van der Waals surface area contributed by atoms with Crippen LogP contribution in [-0.2, 0) is 13.9 Å². The minimum absolute atomic E-state index is 0.132. The van der Waals surface area contributed by atoms with Crippen LogP contribution < -0.4 is 0 Å². The van der Waals surface area contributed by atoms with Crippen molar-refractivity contribution in [3.8, 4) is 0 Å². The monoisotopic (exact) mass is 323 g/mol. The third-order valence-corrected chi connectivity index (χ3v) is 6.04. The Morgan fingerprint density at radius 3 is 2.10 bits per heavy atom. The topological polar surface area (TPSA) is 162 Å². The summed E-state index contributed by atoms with van der Waals surface area (Å²) < 4.78 is 22.0. The van der Waals surface area contributed by atoms with Crippen LogP contribution in [-0.4, -0.2) is 41.5 Å². The molecule has 0 saturated heterocycles. The Morgan fingerprint density at radius 1 is 1.15 bits per heavy atom. The molecule has 0 aliphatic heterocycles. The van der Waals surface area contributed by atoms with E-state index < -0.39 is 38.6 Å². The van der Waals surface area contributed by atoms with Crippen molar-refractivity contribution >= 4 is 26.8 Å². The largest absolute Gasteiger partial charge is 0.341 e. The van der Waals surface area contributed by atoms with Crippen molar-refractivity contribution in [1.29, 1.82) is 0 Å².